The maximum absolute atomic E-state index is 12.4. The van der Waals surface area contributed by atoms with Crippen LogP contribution in [0.3, 0.4) is 0 Å². The maximum atomic E-state index is 12.4. The van der Waals surface area contributed by atoms with Crippen molar-refractivity contribution in [3.8, 4) is 0 Å². The van der Waals surface area contributed by atoms with Gasteiger partial charge < -0.3 is 4.57 Å². The Morgan fingerprint density at radius 3 is 2.85 bits per heavy atom. The highest BCUT2D eigenvalue weighted by Gasteiger charge is 2.09. The van der Waals surface area contributed by atoms with Crippen molar-refractivity contribution < 1.29 is 0 Å². The molecule has 0 bridgehead atoms. The van der Waals surface area contributed by atoms with E-state index in [1.54, 1.807) is 23.9 Å². The quantitative estimate of drug-likeness (QED) is 0.711. The normalized spacial score (nSPS) is 11.2. The first-order valence-electron chi connectivity index (χ1n) is 5.87. The maximum Gasteiger partial charge on any atom is 0.261 e. The predicted molar refractivity (Wildman–Crippen MR) is 81.0 cm³/mol. The highest BCUT2D eigenvalue weighted by molar-refractivity contribution is 9.10. The molecular formula is C13H10BrClN4O. The zero-order valence-corrected chi connectivity index (χ0v) is 12.9. The first kappa shape index (κ1) is 13.3. The fourth-order valence-corrected chi connectivity index (χ4v) is 2.46. The van der Waals surface area contributed by atoms with E-state index in [2.05, 4.69) is 25.9 Å². The summed E-state index contributed by atoms with van der Waals surface area (Å²) in [6.07, 6.45) is 3.09. The molecule has 20 heavy (non-hydrogen) atoms. The Hall–Kier alpha value is -1.66. The van der Waals surface area contributed by atoms with Gasteiger partial charge in [-0.15, -0.1) is 0 Å². The topological polar surface area (TPSA) is 52.7 Å². The molecule has 0 atom stereocenters. The van der Waals surface area contributed by atoms with Crippen LogP contribution in [-0.2, 0) is 13.6 Å². The number of imidazole rings is 1. The van der Waals surface area contributed by atoms with E-state index in [9.17, 15) is 4.79 Å². The van der Waals surface area contributed by atoms with Crippen molar-refractivity contribution in [3.63, 3.8) is 0 Å². The van der Waals surface area contributed by atoms with Gasteiger partial charge >= 0.3 is 0 Å². The molecule has 102 valence electrons. The second-order valence-corrected chi connectivity index (χ2v) is 5.70. The number of aromatic nitrogens is 4. The van der Waals surface area contributed by atoms with Crippen LogP contribution in [0.5, 0.6) is 0 Å². The van der Waals surface area contributed by atoms with Gasteiger partial charge in [-0.2, -0.15) is 0 Å². The van der Waals surface area contributed by atoms with Gasteiger partial charge in [0.2, 0.25) is 0 Å². The van der Waals surface area contributed by atoms with E-state index in [1.165, 1.54) is 10.9 Å². The molecule has 2 aromatic heterocycles. The van der Waals surface area contributed by atoms with Crippen LogP contribution >= 0.6 is 27.5 Å². The van der Waals surface area contributed by atoms with Crippen molar-refractivity contribution >= 4 is 38.4 Å². The predicted octanol–water partition coefficient (Wildman–Crippen LogP) is 2.59. The van der Waals surface area contributed by atoms with Crippen molar-refractivity contribution in [2.75, 3.05) is 0 Å². The smallest absolute Gasteiger partial charge is 0.261 e. The zero-order chi connectivity index (χ0) is 14.3. The first-order chi connectivity index (χ1) is 9.56. The molecule has 5 nitrogen and oxygen atoms in total. The lowest BCUT2D eigenvalue weighted by Crippen LogP contribution is -2.22. The molecule has 7 heteroatoms. The Bertz CT molecular complexity index is 855. The van der Waals surface area contributed by atoms with E-state index in [4.69, 9.17) is 11.6 Å². The van der Waals surface area contributed by atoms with Crippen LogP contribution < -0.4 is 5.56 Å². The second-order valence-electron chi connectivity index (χ2n) is 4.40. The molecule has 0 aliphatic heterocycles. The monoisotopic (exact) mass is 352 g/mol. The van der Waals surface area contributed by atoms with E-state index in [-0.39, 0.29) is 5.56 Å². The fraction of sp³-hybridized carbons (Fsp3) is 0.154. The number of hydrogen-bond donors (Lipinski definition) is 0. The van der Waals surface area contributed by atoms with Crippen LogP contribution in [0.4, 0.5) is 0 Å². The third-order valence-corrected chi connectivity index (χ3v) is 3.97. The van der Waals surface area contributed by atoms with E-state index in [1.807, 2.05) is 12.1 Å². The minimum Gasteiger partial charge on any atom is -0.321 e. The Labute approximate surface area is 128 Å². The lowest BCUT2D eigenvalue weighted by atomic mass is 10.2. The highest BCUT2D eigenvalue weighted by atomic mass is 79.9. The zero-order valence-electron chi connectivity index (χ0n) is 10.5. The molecule has 3 rings (SSSR count). The summed E-state index contributed by atoms with van der Waals surface area (Å²) >= 11 is 9.30. The molecule has 0 saturated carbocycles. The van der Waals surface area contributed by atoms with E-state index in [0.29, 0.717) is 28.4 Å². The molecule has 3 aromatic rings. The van der Waals surface area contributed by atoms with Gasteiger partial charge in [0, 0.05) is 11.5 Å². The number of fused-ring (bicyclic) bond motifs is 1. The lowest BCUT2D eigenvalue weighted by Gasteiger charge is -2.07. The highest BCUT2D eigenvalue weighted by Crippen LogP contribution is 2.15. The molecule has 0 fully saturated rings. The van der Waals surface area contributed by atoms with Crippen molar-refractivity contribution in [3.05, 3.63) is 56.5 Å². The largest absolute Gasteiger partial charge is 0.321 e. The van der Waals surface area contributed by atoms with E-state index >= 15 is 0 Å². The number of benzene rings is 1. The molecule has 0 spiro atoms. The summed E-state index contributed by atoms with van der Waals surface area (Å²) in [6.45, 7) is 0.334. The summed E-state index contributed by atoms with van der Waals surface area (Å²) in [7, 11) is 1.81. The third-order valence-electron chi connectivity index (χ3n) is 3.13. The average Bonchev–Trinajstić information content (AvgIpc) is 2.74. The third kappa shape index (κ3) is 2.25. The molecule has 1 aromatic carbocycles. The first-order valence-corrected chi connectivity index (χ1v) is 7.04. The molecule has 0 unspecified atom stereocenters. The van der Waals surface area contributed by atoms with Crippen molar-refractivity contribution in [1.29, 1.82) is 0 Å². The molecule has 0 amide bonds. The molecule has 0 N–H and O–H groups in total. The second kappa shape index (κ2) is 5.03. The Balaban J connectivity index is 2.09. The SMILES string of the molecule is Cn1c(Cl)cnc1Cn1cnc2cc(Br)ccc2c1=O. The molecule has 0 saturated heterocycles. The molecule has 0 aliphatic carbocycles. The van der Waals surface area contributed by atoms with Gasteiger partial charge in [-0.3, -0.25) is 9.36 Å². The molecule has 0 radical (unpaired) electrons. The standard InChI is InChI=1S/C13H10BrClN4O/c1-18-11(15)5-16-12(18)6-19-7-17-10-4-8(14)2-3-9(10)13(19)20/h2-5,7H,6H2,1H3. The Morgan fingerprint density at radius 2 is 2.15 bits per heavy atom. The number of hydrogen-bond acceptors (Lipinski definition) is 3. The van der Waals surface area contributed by atoms with Crippen LogP contribution in [0.15, 0.2) is 40.0 Å². The van der Waals surface area contributed by atoms with Gasteiger partial charge in [-0.1, -0.05) is 27.5 Å². The van der Waals surface area contributed by atoms with Gasteiger partial charge in [-0.25, -0.2) is 9.97 Å². The van der Waals surface area contributed by atoms with Gasteiger partial charge in [0.25, 0.3) is 5.56 Å². The summed E-state index contributed by atoms with van der Waals surface area (Å²) < 4.78 is 4.15. The summed E-state index contributed by atoms with van der Waals surface area (Å²) in [5.41, 5.74) is 0.570. The van der Waals surface area contributed by atoms with Gasteiger partial charge in [0.1, 0.15) is 11.0 Å². The van der Waals surface area contributed by atoms with Crippen LogP contribution in [0.2, 0.25) is 5.15 Å². The van der Waals surface area contributed by atoms with Crippen molar-refractivity contribution in [1.82, 2.24) is 19.1 Å². The lowest BCUT2D eigenvalue weighted by molar-refractivity contribution is 0.673. The number of halogens is 2. The average molecular weight is 354 g/mol. The Kier molecular flexibility index (Phi) is 3.35. The Morgan fingerprint density at radius 1 is 1.35 bits per heavy atom. The van der Waals surface area contributed by atoms with Crippen LogP contribution in [0.1, 0.15) is 5.82 Å². The van der Waals surface area contributed by atoms with E-state index in [0.717, 1.165) is 4.47 Å². The van der Waals surface area contributed by atoms with Crippen molar-refractivity contribution in [2.45, 2.75) is 6.54 Å². The molecular weight excluding hydrogens is 344 g/mol. The van der Waals surface area contributed by atoms with Gasteiger partial charge in [0.05, 0.1) is 30.0 Å². The fourth-order valence-electron chi connectivity index (χ4n) is 1.97. The number of rotatable bonds is 2. The van der Waals surface area contributed by atoms with Crippen LogP contribution in [0, 0.1) is 0 Å². The minimum atomic E-state index is -0.0957. The van der Waals surface area contributed by atoms with Gasteiger partial charge in [-0.05, 0) is 18.2 Å². The summed E-state index contributed by atoms with van der Waals surface area (Å²) in [6, 6.07) is 5.41. The molecule has 0 aliphatic rings. The minimum absolute atomic E-state index is 0.0957. The van der Waals surface area contributed by atoms with Crippen LogP contribution in [0.25, 0.3) is 10.9 Å². The summed E-state index contributed by atoms with van der Waals surface area (Å²) in [5.74, 6) is 0.704. The van der Waals surface area contributed by atoms with Crippen LogP contribution in [-0.4, -0.2) is 19.1 Å². The van der Waals surface area contributed by atoms with Crippen molar-refractivity contribution in [2.24, 2.45) is 7.05 Å². The summed E-state index contributed by atoms with van der Waals surface area (Å²) in [4.78, 5) is 20.9. The molecule has 2 heterocycles. The number of nitrogens with zero attached hydrogens (tertiary/aromatic N) is 4. The van der Waals surface area contributed by atoms with E-state index < -0.39 is 0 Å². The van der Waals surface area contributed by atoms with Gasteiger partial charge in [0.15, 0.2) is 0 Å². The summed E-state index contributed by atoms with van der Waals surface area (Å²) in [5, 5.41) is 1.11.